The van der Waals surface area contributed by atoms with Crippen molar-refractivity contribution in [1.29, 1.82) is 0 Å². The molecule has 3 aliphatic rings. The van der Waals surface area contributed by atoms with Crippen LogP contribution < -0.4 is 9.64 Å². The molecule has 4 heterocycles. The molecule has 0 aliphatic carbocycles. The van der Waals surface area contributed by atoms with Crippen LogP contribution in [0.2, 0.25) is 0 Å². The van der Waals surface area contributed by atoms with Gasteiger partial charge in [-0.25, -0.2) is 14.8 Å². The maximum Gasteiger partial charge on any atom is 0.410 e. The van der Waals surface area contributed by atoms with Crippen molar-refractivity contribution in [2.24, 2.45) is 0 Å². The first-order valence-corrected chi connectivity index (χ1v) is 10.5. The Morgan fingerprint density at radius 2 is 2.03 bits per heavy atom. The number of piperidine rings is 1. The van der Waals surface area contributed by atoms with Crippen LogP contribution >= 0.6 is 0 Å². The van der Waals surface area contributed by atoms with Gasteiger partial charge in [-0.1, -0.05) is 0 Å². The minimum absolute atomic E-state index is 0.162. The van der Waals surface area contributed by atoms with Crippen LogP contribution in [0.4, 0.5) is 10.6 Å². The summed E-state index contributed by atoms with van der Waals surface area (Å²) in [7, 11) is 5.88. The van der Waals surface area contributed by atoms with Crippen LogP contribution in [0.25, 0.3) is 0 Å². The molecular formula is C20H32N6O3. The zero-order valence-electron chi connectivity index (χ0n) is 17.7. The van der Waals surface area contributed by atoms with E-state index in [1.807, 2.05) is 11.0 Å². The molecule has 1 atom stereocenters. The van der Waals surface area contributed by atoms with Crippen molar-refractivity contribution in [3.63, 3.8) is 0 Å². The molecule has 1 aromatic rings. The Morgan fingerprint density at radius 3 is 2.72 bits per heavy atom. The van der Waals surface area contributed by atoms with E-state index >= 15 is 0 Å². The fraction of sp³-hybridized carbons (Fsp3) is 0.750. The highest BCUT2D eigenvalue weighted by atomic mass is 16.6. The first-order valence-electron chi connectivity index (χ1n) is 10.5. The van der Waals surface area contributed by atoms with Gasteiger partial charge in [0.2, 0.25) is 5.88 Å². The molecule has 0 bridgehead atoms. The highest BCUT2D eigenvalue weighted by Crippen LogP contribution is 2.34. The summed E-state index contributed by atoms with van der Waals surface area (Å²) in [4.78, 5) is 29.8. The number of likely N-dealkylation sites (N-methyl/N-ethyl adjacent to an activating group) is 1. The molecular weight excluding hydrogens is 372 g/mol. The minimum Gasteiger partial charge on any atom is -0.481 e. The molecule has 3 aliphatic heterocycles. The van der Waals surface area contributed by atoms with Gasteiger partial charge in [0.1, 0.15) is 17.7 Å². The average Bonchev–Trinajstić information content (AvgIpc) is 3.32. The first-order chi connectivity index (χ1) is 14.0. The second-order valence-electron chi connectivity index (χ2n) is 8.58. The number of rotatable bonds is 6. The summed E-state index contributed by atoms with van der Waals surface area (Å²) < 4.78 is 11.1. The van der Waals surface area contributed by atoms with Gasteiger partial charge in [0.15, 0.2) is 0 Å². The molecule has 9 nitrogen and oxygen atoms in total. The monoisotopic (exact) mass is 404 g/mol. The Hall–Kier alpha value is -2.13. The smallest absolute Gasteiger partial charge is 0.410 e. The minimum atomic E-state index is -0.359. The van der Waals surface area contributed by atoms with Crippen LogP contribution in [-0.2, 0) is 4.74 Å². The number of hydrogen-bond donors (Lipinski definition) is 0. The lowest BCUT2D eigenvalue weighted by Crippen LogP contribution is -2.47. The summed E-state index contributed by atoms with van der Waals surface area (Å²) in [6, 6.07) is 2.47. The van der Waals surface area contributed by atoms with Crippen molar-refractivity contribution in [3.8, 4) is 5.88 Å². The van der Waals surface area contributed by atoms with E-state index in [4.69, 9.17) is 9.47 Å². The lowest BCUT2D eigenvalue weighted by atomic mass is 9.91. The fourth-order valence-electron chi connectivity index (χ4n) is 4.58. The van der Waals surface area contributed by atoms with Gasteiger partial charge >= 0.3 is 6.09 Å². The lowest BCUT2D eigenvalue weighted by molar-refractivity contribution is 0.0366. The molecule has 1 aromatic heterocycles. The quantitative estimate of drug-likeness (QED) is 0.693. The third kappa shape index (κ3) is 4.40. The normalized spacial score (nSPS) is 24.6. The van der Waals surface area contributed by atoms with Crippen LogP contribution in [0.5, 0.6) is 5.88 Å². The summed E-state index contributed by atoms with van der Waals surface area (Å²) in [6.45, 7) is 6.15. The number of aromatic nitrogens is 2. The maximum atomic E-state index is 12.5. The topological polar surface area (TPSA) is 74.3 Å². The zero-order chi connectivity index (χ0) is 20.4. The van der Waals surface area contributed by atoms with Crippen LogP contribution in [0.15, 0.2) is 12.4 Å². The molecule has 0 aromatic carbocycles. The molecule has 29 heavy (non-hydrogen) atoms. The Morgan fingerprint density at radius 1 is 1.24 bits per heavy atom. The zero-order valence-corrected chi connectivity index (χ0v) is 17.7. The first kappa shape index (κ1) is 20.2. The van der Waals surface area contributed by atoms with Crippen LogP contribution in [0.3, 0.4) is 0 Å². The van der Waals surface area contributed by atoms with E-state index in [0.29, 0.717) is 18.5 Å². The summed E-state index contributed by atoms with van der Waals surface area (Å²) in [5, 5.41) is 0. The third-order valence-corrected chi connectivity index (χ3v) is 6.54. The van der Waals surface area contributed by atoms with E-state index in [1.165, 1.54) is 12.7 Å². The summed E-state index contributed by atoms with van der Waals surface area (Å²) >= 11 is 0. The third-order valence-electron chi connectivity index (χ3n) is 6.54. The standard InChI is InChI=1S/C20H32N6O3/c1-23(2)16-4-7-24(13-16)10-11-26-14-20(29-19(26)27)5-8-25(9-6-20)17-12-18(28-3)22-15-21-17/h12,15-16H,4-11,13-14H2,1-3H3/t16-/m1/s1. The van der Waals surface area contributed by atoms with Crippen LogP contribution in [0, 0.1) is 0 Å². The number of carbonyl (C=O) groups is 1. The van der Waals surface area contributed by atoms with E-state index in [9.17, 15) is 4.79 Å². The molecule has 0 unspecified atom stereocenters. The number of ether oxygens (including phenoxy) is 2. The Bertz CT molecular complexity index is 722. The van der Waals surface area contributed by atoms with E-state index < -0.39 is 0 Å². The number of nitrogens with zero attached hydrogens (tertiary/aromatic N) is 6. The lowest BCUT2D eigenvalue weighted by Gasteiger charge is -2.38. The van der Waals surface area contributed by atoms with E-state index in [-0.39, 0.29) is 11.7 Å². The van der Waals surface area contributed by atoms with E-state index in [1.54, 1.807) is 7.11 Å². The summed E-state index contributed by atoms with van der Waals surface area (Å²) in [5.41, 5.74) is -0.359. The number of amides is 1. The molecule has 1 spiro atoms. The number of carbonyl (C=O) groups excluding carboxylic acids is 1. The molecule has 0 radical (unpaired) electrons. The van der Waals surface area contributed by atoms with Crippen molar-refractivity contribution in [3.05, 3.63) is 12.4 Å². The Kier molecular flexibility index (Phi) is 5.78. The Labute approximate surface area is 172 Å². The SMILES string of the molecule is COc1cc(N2CCC3(CC2)CN(CCN2CC[C@@H](N(C)C)C2)C(=O)O3)ncn1. The number of anilines is 1. The molecule has 160 valence electrons. The molecule has 1 amide bonds. The van der Waals surface area contributed by atoms with Crippen molar-refractivity contribution in [1.82, 2.24) is 24.7 Å². The van der Waals surface area contributed by atoms with Gasteiger partial charge in [0.25, 0.3) is 0 Å². The van der Waals surface area contributed by atoms with Gasteiger partial charge < -0.3 is 24.2 Å². The van der Waals surface area contributed by atoms with E-state index in [2.05, 4.69) is 38.8 Å². The summed E-state index contributed by atoms with van der Waals surface area (Å²) in [5.74, 6) is 1.42. The van der Waals surface area contributed by atoms with Gasteiger partial charge in [-0.15, -0.1) is 0 Å². The number of methoxy groups -OCH3 is 1. The molecule has 9 heteroatoms. The number of hydrogen-bond acceptors (Lipinski definition) is 8. The Balaban J connectivity index is 1.28. The van der Waals surface area contributed by atoms with Crippen LogP contribution in [-0.4, -0.2) is 109 Å². The van der Waals surface area contributed by atoms with E-state index in [0.717, 1.165) is 57.9 Å². The second-order valence-corrected chi connectivity index (χ2v) is 8.58. The highest BCUT2D eigenvalue weighted by Gasteiger charge is 2.47. The maximum absolute atomic E-state index is 12.5. The average molecular weight is 405 g/mol. The predicted molar refractivity (Wildman–Crippen MR) is 109 cm³/mol. The fourth-order valence-corrected chi connectivity index (χ4v) is 4.58. The van der Waals surface area contributed by atoms with Gasteiger partial charge in [-0.05, 0) is 27.1 Å². The van der Waals surface area contributed by atoms with Crippen molar-refractivity contribution in [2.45, 2.75) is 30.9 Å². The molecule has 0 N–H and O–H groups in total. The van der Waals surface area contributed by atoms with Crippen molar-refractivity contribution < 1.29 is 14.3 Å². The molecule has 4 rings (SSSR count). The van der Waals surface area contributed by atoms with Gasteiger partial charge in [0.05, 0.1) is 13.7 Å². The molecule has 0 saturated carbocycles. The van der Waals surface area contributed by atoms with Crippen molar-refractivity contribution >= 4 is 11.9 Å². The highest BCUT2D eigenvalue weighted by molar-refractivity contribution is 5.70. The molecule has 3 saturated heterocycles. The second kappa shape index (κ2) is 8.31. The predicted octanol–water partition coefficient (Wildman–Crippen LogP) is 0.912. The van der Waals surface area contributed by atoms with Crippen molar-refractivity contribution in [2.75, 3.05) is 71.9 Å². The van der Waals surface area contributed by atoms with Gasteiger partial charge in [0, 0.05) is 57.7 Å². The largest absolute Gasteiger partial charge is 0.481 e. The van der Waals surface area contributed by atoms with Crippen LogP contribution in [0.1, 0.15) is 19.3 Å². The summed E-state index contributed by atoms with van der Waals surface area (Å²) in [6.07, 6.45) is 4.19. The van der Waals surface area contributed by atoms with Gasteiger partial charge in [-0.3, -0.25) is 4.90 Å². The van der Waals surface area contributed by atoms with Gasteiger partial charge in [-0.2, -0.15) is 0 Å². The number of likely N-dealkylation sites (tertiary alicyclic amines) is 1. The molecule has 3 fully saturated rings.